The van der Waals surface area contributed by atoms with Crippen LogP contribution in [0.2, 0.25) is 0 Å². The molecule has 0 radical (unpaired) electrons. The number of hydrogen-bond donors (Lipinski definition) is 1. The molecule has 39 heavy (non-hydrogen) atoms. The van der Waals surface area contributed by atoms with E-state index in [4.69, 9.17) is 0 Å². The quantitative estimate of drug-likeness (QED) is 0.365. The van der Waals surface area contributed by atoms with E-state index in [-0.39, 0.29) is 28.4 Å². The topological polar surface area (TPSA) is 37.3 Å². The lowest BCUT2D eigenvalue weighted by molar-refractivity contribution is -0.113. The zero-order valence-corrected chi connectivity index (χ0v) is 24.7. The molecular formula is C37H42O2. The van der Waals surface area contributed by atoms with Crippen LogP contribution in [0.25, 0.3) is 6.08 Å². The van der Waals surface area contributed by atoms with Gasteiger partial charge in [-0.05, 0) is 63.5 Å². The largest absolute Gasteiger partial charge is 0.507 e. The van der Waals surface area contributed by atoms with Crippen molar-refractivity contribution >= 4 is 11.9 Å². The number of ketones is 1. The van der Waals surface area contributed by atoms with E-state index in [0.29, 0.717) is 5.75 Å². The maximum atomic E-state index is 13.7. The third-order valence-corrected chi connectivity index (χ3v) is 7.78. The van der Waals surface area contributed by atoms with Crippen LogP contribution in [0.1, 0.15) is 95.0 Å². The van der Waals surface area contributed by atoms with Gasteiger partial charge in [-0.2, -0.15) is 0 Å². The molecule has 202 valence electrons. The second kappa shape index (κ2) is 10.8. The summed E-state index contributed by atoms with van der Waals surface area (Å²) >= 11 is 0. The summed E-state index contributed by atoms with van der Waals surface area (Å²) < 4.78 is 0. The normalized spacial score (nSPS) is 17.0. The molecule has 1 aliphatic rings. The molecule has 2 unspecified atom stereocenters. The predicted octanol–water partition coefficient (Wildman–Crippen LogP) is 9.51. The van der Waals surface area contributed by atoms with Crippen LogP contribution in [0.4, 0.5) is 0 Å². The van der Waals surface area contributed by atoms with E-state index in [9.17, 15) is 9.90 Å². The van der Waals surface area contributed by atoms with Crippen LogP contribution in [-0.4, -0.2) is 10.9 Å². The summed E-state index contributed by atoms with van der Waals surface area (Å²) in [6, 6.07) is 24.7. The molecule has 2 atom stereocenters. The molecule has 0 bridgehead atoms. The fraction of sp³-hybridized carbons (Fsp3) is 0.324. The average molecular weight is 519 g/mol. The number of benzene rings is 3. The number of aromatic hydroxyl groups is 1. The molecule has 1 aliphatic carbocycles. The third kappa shape index (κ3) is 6.17. The molecular weight excluding hydrogens is 476 g/mol. The number of phenolic OH excluding ortho intramolecular Hbond substituents is 1. The fourth-order valence-electron chi connectivity index (χ4n) is 5.34. The van der Waals surface area contributed by atoms with Crippen molar-refractivity contribution in [3.05, 3.63) is 129 Å². The van der Waals surface area contributed by atoms with E-state index in [1.54, 1.807) is 0 Å². The van der Waals surface area contributed by atoms with Crippen LogP contribution in [0.15, 0.2) is 102 Å². The Labute approximate surface area is 234 Å². The Morgan fingerprint density at radius 1 is 0.718 bits per heavy atom. The number of rotatable bonds is 5. The highest BCUT2D eigenvalue weighted by molar-refractivity contribution is 6.12. The molecule has 0 aromatic heterocycles. The highest BCUT2D eigenvalue weighted by atomic mass is 16.3. The zero-order valence-electron chi connectivity index (χ0n) is 24.7. The van der Waals surface area contributed by atoms with Crippen molar-refractivity contribution in [3.8, 4) is 5.75 Å². The second-order valence-electron chi connectivity index (χ2n) is 12.9. The Morgan fingerprint density at radius 2 is 1.26 bits per heavy atom. The molecule has 2 heteroatoms. The summed E-state index contributed by atoms with van der Waals surface area (Å²) in [6.07, 6.45) is 6.26. The van der Waals surface area contributed by atoms with Gasteiger partial charge in [-0.15, -0.1) is 0 Å². The Kier molecular flexibility index (Phi) is 7.89. The molecule has 4 rings (SSSR count). The van der Waals surface area contributed by atoms with Crippen molar-refractivity contribution in [2.45, 2.75) is 72.6 Å². The minimum atomic E-state index is -0.287. The van der Waals surface area contributed by atoms with E-state index in [2.05, 4.69) is 104 Å². The Morgan fingerprint density at radius 3 is 1.77 bits per heavy atom. The van der Waals surface area contributed by atoms with Crippen molar-refractivity contribution in [1.29, 1.82) is 0 Å². The van der Waals surface area contributed by atoms with Crippen LogP contribution in [-0.2, 0) is 10.2 Å². The van der Waals surface area contributed by atoms with Crippen LogP contribution < -0.4 is 0 Å². The van der Waals surface area contributed by atoms with Gasteiger partial charge in [0.2, 0.25) is 0 Å². The maximum absolute atomic E-state index is 13.7. The van der Waals surface area contributed by atoms with Gasteiger partial charge in [0, 0.05) is 34.1 Å². The van der Waals surface area contributed by atoms with Gasteiger partial charge in [-0.25, -0.2) is 0 Å². The van der Waals surface area contributed by atoms with Gasteiger partial charge in [-0.1, -0.05) is 116 Å². The standard InChI is InChI=1S/C37H42O2/c1-24(28-15-11-9-12-16-28)30-20-26(22-32(34(30)38)36(3,4)5)19-27-21-31(25(2)29-17-13-10-14-18-29)35(39)33(23-27)37(6,7)8/h9-25,38H,1-8H3. The number of carbonyl (C=O) groups excluding carboxylic acids is 1. The molecule has 0 amide bonds. The van der Waals surface area contributed by atoms with Crippen LogP contribution in [0.3, 0.4) is 0 Å². The first-order valence-electron chi connectivity index (χ1n) is 13.9. The second-order valence-corrected chi connectivity index (χ2v) is 12.9. The SMILES string of the molecule is CC(C1=CC(=Cc2cc(C(C)c3ccccc3)c(O)c(C(C)(C)C)c2)C=C(C(C)(C)C)C1=O)c1ccccc1. The van der Waals surface area contributed by atoms with Crippen LogP contribution in [0, 0.1) is 5.41 Å². The van der Waals surface area contributed by atoms with Gasteiger partial charge in [0.1, 0.15) is 5.75 Å². The molecule has 3 aromatic carbocycles. The van der Waals surface area contributed by atoms with Gasteiger partial charge in [0.05, 0.1) is 0 Å². The minimum absolute atomic E-state index is 0.0215. The van der Waals surface area contributed by atoms with Crippen LogP contribution >= 0.6 is 0 Å². The zero-order chi connectivity index (χ0) is 28.5. The van der Waals surface area contributed by atoms with Crippen molar-refractivity contribution in [3.63, 3.8) is 0 Å². The van der Waals surface area contributed by atoms with Gasteiger partial charge >= 0.3 is 0 Å². The first-order valence-corrected chi connectivity index (χ1v) is 13.9. The maximum Gasteiger partial charge on any atom is 0.186 e. The Bertz CT molecular complexity index is 1440. The minimum Gasteiger partial charge on any atom is -0.507 e. The van der Waals surface area contributed by atoms with E-state index < -0.39 is 0 Å². The Balaban J connectivity index is 1.89. The van der Waals surface area contributed by atoms with E-state index in [1.165, 1.54) is 0 Å². The van der Waals surface area contributed by atoms with Gasteiger partial charge < -0.3 is 5.11 Å². The molecule has 0 fully saturated rings. The fourth-order valence-corrected chi connectivity index (χ4v) is 5.34. The summed E-state index contributed by atoms with van der Waals surface area (Å²) in [5.74, 6) is 0.491. The van der Waals surface area contributed by atoms with E-state index >= 15 is 0 Å². The van der Waals surface area contributed by atoms with Crippen molar-refractivity contribution in [1.82, 2.24) is 0 Å². The summed E-state index contributed by atoms with van der Waals surface area (Å²) in [4.78, 5) is 13.7. The molecule has 0 saturated carbocycles. The lowest BCUT2D eigenvalue weighted by Crippen LogP contribution is -2.24. The summed E-state index contributed by atoms with van der Waals surface area (Å²) in [6.45, 7) is 16.9. The van der Waals surface area contributed by atoms with Crippen molar-refractivity contribution in [2.24, 2.45) is 5.41 Å². The lowest BCUT2D eigenvalue weighted by atomic mass is 9.74. The molecule has 0 spiro atoms. The number of hydrogen-bond acceptors (Lipinski definition) is 2. The lowest BCUT2D eigenvalue weighted by Gasteiger charge is -2.29. The number of carbonyl (C=O) groups is 1. The Hall–Kier alpha value is -3.65. The van der Waals surface area contributed by atoms with Gasteiger partial charge in [0.15, 0.2) is 5.78 Å². The first kappa shape index (κ1) is 28.4. The smallest absolute Gasteiger partial charge is 0.186 e. The molecule has 2 nitrogen and oxygen atoms in total. The average Bonchev–Trinajstić information content (AvgIpc) is 2.89. The predicted molar refractivity (Wildman–Crippen MR) is 164 cm³/mol. The van der Waals surface area contributed by atoms with Gasteiger partial charge in [0.25, 0.3) is 0 Å². The highest BCUT2D eigenvalue weighted by Crippen LogP contribution is 2.42. The van der Waals surface area contributed by atoms with Crippen LogP contribution in [0.5, 0.6) is 5.75 Å². The summed E-state index contributed by atoms with van der Waals surface area (Å²) in [7, 11) is 0. The molecule has 0 aliphatic heterocycles. The molecule has 1 N–H and O–H groups in total. The monoisotopic (exact) mass is 518 g/mol. The number of phenols is 1. The van der Waals surface area contributed by atoms with E-state index in [1.807, 2.05) is 42.5 Å². The number of Topliss-reactive ketones (excluding diaryl/α,β-unsaturated/α-hetero) is 1. The highest BCUT2D eigenvalue weighted by Gasteiger charge is 2.32. The molecule has 3 aromatic rings. The van der Waals surface area contributed by atoms with Crippen molar-refractivity contribution < 1.29 is 9.90 Å². The van der Waals surface area contributed by atoms with E-state index in [0.717, 1.165) is 44.5 Å². The first-order chi connectivity index (χ1) is 18.3. The molecule has 0 heterocycles. The number of allylic oxidation sites excluding steroid dienone is 5. The summed E-state index contributed by atoms with van der Waals surface area (Å²) in [5, 5.41) is 11.4. The van der Waals surface area contributed by atoms with Crippen molar-refractivity contribution in [2.75, 3.05) is 0 Å². The third-order valence-electron chi connectivity index (χ3n) is 7.78. The molecule has 0 saturated heterocycles. The summed E-state index contributed by atoms with van der Waals surface area (Å²) in [5.41, 5.74) is 7.26. The van der Waals surface area contributed by atoms with Gasteiger partial charge in [-0.3, -0.25) is 4.79 Å².